The summed E-state index contributed by atoms with van der Waals surface area (Å²) >= 11 is 0. The minimum Gasteiger partial charge on any atom is -0.478 e. The van der Waals surface area contributed by atoms with Crippen LogP contribution < -0.4 is 10.6 Å². The summed E-state index contributed by atoms with van der Waals surface area (Å²) in [4.78, 5) is 26.2. The van der Waals surface area contributed by atoms with E-state index in [0.717, 1.165) is 5.56 Å². The van der Waals surface area contributed by atoms with Crippen molar-refractivity contribution in [1.29, 1.82) is 0 Å². The number of hydrogen-bond donors (Lipinski definition) is 4. The Morgan fingerprint density at radius 1 is 1.29 bits per heavy atom. The molecule has 8 heteroatoms. The van der Waals surface area contributed by atoms with Crippen LogP contribution in [0, 0.1) is 0 Å². The van der Waals surface area contributed by atoms with Crippen molar-refractivity contribution < 1.29 is 14.7 Å². The molecule has 0 aliphatic heterocycles. The molecule has 2 aromatic rings. The number of benzene rings is 1. The van der Waals surface area contributed by atoms with Gasteiger partial charge in [0.2, 0.25) is 0 Å². The predicted octanol–water partition coefficient (Wildman–Crippen LogP) is 0.545. The molecule has 110 valence electrons. The maximum absolute atomic E-state index is 11.5. The number of hydrogen-bond acceptors (Lipinski definition) is 4. The van der Waals surface area contributed by atoms with Gasteiger partial charge in [0.05, 0.1) is 12.1 Å². The van der Waals surface area contributed by atoms with Gasteiger partial charge in [0.15, 0.2) is 0 Å². The normalized spacial score (nSPS) is 10.1. The molecule has 0 aliphatic rings. The number of carboxylic acid groups (broad SMARTS) is 1. The smallest absolute Gasteiger partial charge is 0.335 e. The van der Waals surface area contributed by atoms with E-state index in [-0.39, 0.29) is 18.1 Å². The molecular formula is C13H15N5O3. The Morgan fingerprint density at radius 2 is 2.14 bits per heavy atom. The summed E-state index contributed by atoms with van der Waals surface area (Å²) in [6, 6.07) is 6.31. The summed E-state index contributed by atoms with van der Waals surface area (Å²) in [6.07, 6.45) is 1.92. The minimum absolute atomic E-state index is 0.238. The number of carboxylic acids is 1. The molecule has 1 aromatic heterocycles. The van der Waals surface area contributed by atoms with E-state index in [0.29, 0.717) is 18.8 Å². The molecule has 0 unspecified atom stereocenters. The van der Waals surface area contributed by atoms with Gasteiger partial charge in [-0.3, -0.25) is 5.10 Å². The fraction of sp³-hybridized carbons (Fsp3) is 0.231. The molecule has 2 rings (SSSR count). The van der Waals surface area contributed by atoms with Crippen LogP contribution in [0.3, 0.4) is 0 Å². The Balaban J connectivity index is 1.72. The average Bonchev–Trinajstić information content (AvgIpc) is 2.99. The van der Waals surface area contributed by atoms with Crippen LogP contribution in [0.2, 0.25) is 0 Å². The second-order valence-corrected chi connectivity index (χ2v) is 4.30. The SMILES string of the molecule is O=C(NCCc1cccc(C(=O)O)c1)NCc1ncn[nH]1. The Bertz CT molecular complexity index is 612. The van der Waals surface area contributed by atoms with Crippen LogP contribution in [-0.4, -0.2) is 38.8 Å². The van der Waals surface area contributed by atoms with E-state index < -0.39 is 5.97 Å². The van der Waals surface area contributed by atoms with Gasteiger partial charge in [-0.1, -0.05) is 12.1 Å². The molecule has 0 aliphatic carbocycles. The van der Waals surface area contributed by atoms with Crippen LogP contribution in [0.15, 0.2) is 30.6 Å². The zero-order valence-corrected chi connectivity index (χ0v) is 11.2. The van der Waals surface area contributed by atoms with Crippen molar-refractivity contribution in [2.24, 2.45) is 0 Å². The predicted molar refractivity (Wildman–Crippen MR) is 73.7 cm³/mol. The second-order valence-electron chi connectivity index (χ2n) is 4.30. The van der Waals surface area contributed by atoms with Crippen molar-refractivity contribution in [2.75, 3.05) is 6.54 Å². The monoisotopic (exact) mass is 289 g/mol. The molecule has 0 saturated heterocycles. The number of rotatable bonds is 6. The molecule has 0 fully saturated rings. The maximum atomic E-state index is 11.5. The maximum Gasteiger partial charge on any atom is 0.335 e. The van der Waals surface area contributed by atoms with Gasteiger partial charge >= 0.3 is 12.0 Å². The van der Waals surface area contributed by atoms with Gasteiger partial charge in [0.1, 0.15) is 12.2 Å². The fourth-order valence-corrected chi connectivity index (χ4v) is 1.72. The highest BCUT2D eigenvalue weighted by Crippen LogP contribution is 2.05. The summed E-state index contributed by atoms with van der Waals surface area (Å²) in [5.74, 6) is -0.395. The highest BCUT2D eigenvalue weighted by Gasteiger charge is 2.04. The lowest BCUT2D eigenvalue weighted by molar-refractivity contribution is 0.0696. The van der Waals surface area contributed by atoms with Gasteiger partial charge in [0, 0.05) is 6.54 Å². The van der Waals surface area contributed by atoms with E-state index >= 15 is 0 Å². The summed E-state index contributed by atoms with van der Waals surface area (Å²) in [7, 11) is 0. The largest absolute Gasteiger partial charge is 0.478 e. The van der Waals surface area contributed by atoms with Crippen LogP contribution in [0.5, 0.6) is 0 Å². The van der Waals surface area contributed by atoms with Crippen LogP contribution in [0.4, 0.5) is 4.79 Å². The number of aromatic carboxylic acids is 1. The van der Waals surface area contributed by atoms with Crippen molar-refractivity contribution in [3.8, 4) is 0 Å². The average molecular weight is 289 g/mol. The number of carbonyl (C=O) groups excluding carboxylic acids is 1. The number of aromatic nitrogens is 3. The summed E-state index contributed by atoms with van der Waals surface area (Å²) in [5, 5.41) is 20.5. The topological polar surface area (TPSA) is 120 Å². The standard InChI is InChI=1S/C13H15N5O3/c19-12(20)10-3-1-2-9(6-10)4-5-14-13(21)15-7-11-16-8-17-18-11/h1-3,6,8H,4-5,7H2,(H,19,20)(H2,14,15,21)(H,16,17,18). The molecule has 0 spiro atoms. The summed E-state index contributed by atoms with van der Waals surface area (Å²) in [5.41, 5.74) is 1.09. The van der Waals surface area contributed by atoms with E-state index in [1.165, 1.54) is 12.4 Å². The molecule has 2 amide bonds. The molecule has 21 heavy (non-hydrogen) atoms. The fourth-order valence-electron chi connectivity index (χ4n) is 1.72. The first kappa shape index (κ1) is 14.5. The Kier molecular flexibility index (Phi) is 4.86. The quantitative estimate of drug-likeness (QED) is 0.619. The molecule has 0 bridgehead atoms. The van der Waals surface area contributed by atoms with Gasteiger partial charge in [-0.2, -0.15) is 5.10 Å². The lowest BCUT2D eigenvalue weighted by Gasteiger charge is -2.07. The number of nitrogens with one attached hydrogen (secondary N) is 3. The van der Waals surface area contributed by atoms with E-state index in [1.54, 1.807) is 12.1 Å². The first-order valence-corrected chi connectivity index (χ1v) is 6.33. The highest BCUT2D eigenvalue weighted by atomic mass is 16.4. The minimum atomic E-state index is -0.963. The van der Waals surface area contributed by atoms with Gasteiger partial charge < -0.3 is 15.7 Å². The zero-order chi connectivity index (χ0) is 15.1. The third-order valence-electron chi connectivity index (χ3n) is 2.75. The van der Waals surface area contributed by atoms with E-state index in [2.05, 4.69) is 25.8 Å². The zero-order valence-electron chi connectivity index (χ0n) is 11.2. The van der Waals surface area contributed by atoms with Crippen LogP contribution >= 0.6 is 0 Å². The van der Waals surface area contributed by atoms with E-state index in [4.69, 9.17) is 5.11 Å². The second kappa shape index (κ2) is 7.04. The van der Waals surface area contributed by atoms with Crippen LogP contribution in [0.25, 0.3) is 0 Å². The van der Waals surface area contributed by atoms with Gasteiger partial charge in [0.25, 0.3) is 0 Å². The van der Waals surface area contributed by atoms with Gasteiger partial charge in [-0.25, -0.2) is 14.6 Å². The summed E-state index contributed by atoms with van der Waals surface area (Å²) < 4.78 is 0. The number of H-pyrrole nitrogens is 1. The third kappa shape index (κ3) is 4.60. The molecule has 0 saturated carbocycles. The van der Waals surface area contributed by atoms with Crippen molar-refractivity contribution in [2.45, 2.75) is 13.0 Å². The molecule has 1 aromatic carbocycles. The first-order valence-electron chi connectivity index (χ1n) is 6.33. The Labute approximate surface area is 120 Å². The Morgan fingerprint density at radius 3 is 2.86 bits per heavy atom. The number of urea groups is 1. The lowest BCUT2D eigenvalue weighted by atomic mass is 10.1. The number of aromatic amines is 1. The number of amides is 2. The molecule has 4 N–H and O–H groups in total. The first-order chi connectivity index (χ1) is 10.1. The summed E-state index contributed by atoms with van der Waals surface area (Å²) in [6.45, 7) is 0.672. The van der Waals surface area contributed by atoms with Gasteiger partial charge in [-0.15, -0.1) is 0 Å². The van der Waals surface area contributed by atoms with Crippen LogP contribution in [-0.2, 0) is 13.0 Å². The number of carbonyl (C=O) groups is 2. The molecule has 1 heterocycles. The van der Waals surface area contributed by atoms with Crippen LogP contribution in [0.1, 0.15) is 21.7 Å². The number of nitrogens with zero attached hydrogens (tertiary/aromatic N) is 2. The molecule has 8 nitrogen and oxygen atoms in total. The molecule has 0 radical (unpaired) electrons. The Hall–Kier alpha value is -2.90. The highest BCUT2D eigenvalue weighted by molar-refractivity contribution is 5.87. The van der Waals surface area contributed by atoms with E-state index in [9.17, 15) is 9.59 Å². The van der Waals surface area contributed by atoms with Crippen molar-refractivity contribution in [1.82, 2.24) is 25.8 Å². The lowest BCUT2D eigenvalue weighted by Crippen LogP contribution is -2.36. The molecule has 0 atom stereocenters. The third-order valence-corrected chi connectivity index (χ3v) is 2.75. The molecular weight excluding hydrogens is 274 g/mol. The van der Waals surface area contributed by atoms with E-state index in [1.807, 2.05) is 6.07 Å². The van der Waals surface area contributed by atoms with Crippen molar-refractivity contribution >= 4 is 12.0 Å². The van der Waals surface area contributed by atoms with Gasteiger partial charge in [-0.05, 0) is 24.1 Å². The van der Waals surface area contributed by atoms with Crippen molar-refractivity contribution in [3.63, 3.8) is 0 Å². The van der Waals surface area contributed by atoms with Crippen molar-refractivity contribution in [3.05, 3.63) is 47.5 Å².